The van der Waals surface area contributed by atoms with Gasteiger partial charge >= 0.3 is 6.16 Å². The molecular formula is C41H78O3. The number of unbranched alkanes of at least 4 members (excludes halogenated alkanes) is 32. The normalized spacial score (nSPS) is 11.7. The van der Waals surface area contributed by atoms with Gasteiger partial charge in [-0.25, -0.2) is 4.79 Å². The lowest BCUT2D eigenvalue weighted by Crippen LogP contribution is -1.97. The van der Waals surface area contributed by atoms with Crippen molar-refractivity contribution in [2.24, 2.45) is 0 Å². The van der Waals surface area contributed by atoms with Crippen LogP contribution >= 0.6 is 0 Å². The van der Waals surface area contributed by atoms with Crippen LogP contribution in [-0.4, -0.2) is 6.16 Å². The summed E-state index contributed by atoms with van der Waals surface area (Å²) in [5.41, 5.74) is 0. The average Bonchev–Trinajstić information content (AvgIpc) is 3.03. The maximum atomic E-state index is 11.7. The predicted molar refractivity (Wildman–Crippen MR) is 194 cm³/mol. The summed E-state index contributed by atoms with van der Waals surface area (Å²) in [7, 11) is 0. The molecular weight excluding hydrogens is 540 g/mol. The maximum Gasteiger partial charge on any atom is 0.518 e. The van der Waals surface area contributed by atoms with Gasteiger partial charge in [0, 0.05) is 0 Å². The van der Waals surface area contributed by atoms with E-state index in [2.05, 4.69) is 13.8 Å². The van der Waals surface area contributed by atoms with E-state index < -0.39 is 6.16 Å². The van der Waals surface area contributed by atoms with Gasteiger partial charge in [-0.3, -0.25) is 0 Å². The van der Waals surface area contributed by atoms with Gasteiger partial charge in [0.2, 0.25) is 0 Å². The summed E-state index contributed by atoms with van der Waals surface area (Å²) in [4.78, 5) is 11.7. The summed E-state index contributed by atoms with van der Waals surface area (Å²) in [6, 6.07) is 0. The molecule has 0 bridgehead atoms. The summed E-state index contributed by atoms with van der Waals surface area (Å²) in [5, 5.41) is 0. The van der Waals surface area contributed by atoms with Gasteiger partial charge in [0.25, 0.3) is 0 Å². The van der Waals surface area contributed by atoms with Crippen molar-refractivity contribution < 1.29 is 14.3 Å². The van der Waals surface area contributed by atoms with E-state index in [1.807, 2.05) is 12.2 Å². The first-order valence-electron chi connectivity index (χ1n) is 20.0. The molecule has 0 saturated carbocycles. The Morgan fingerprint density at radius 3 is 0.773 bits per heavy atom. The highest BCUT2D eigenvalue weighted by Crippen LogP contribution is 2.15. The molecule has 0 aliphatic carbocycles. The first-order chi connectivity index (χ1) is 21.8. The van der Waals surface area contributed by atoms with Gasteiger partial charge < -0.3 is 9.47 Å². The quantitative estimate of drug-likeness (QED) is 0.0398. The van der Waals surface area contributed by atoms with Crippen molar-refractivity contribution in [1.82, 2.24) is 0 Å². The molecule has 3 nitrogen and oxygen atoms in total. The molecule has 44 heavy (non-hydrogen) atoms. The van der Waals surface area contributed by atoms with Crippen LogP contribution in [0.4, 0.5) is 4.79 Å². The van der Waals surface area contributed by atoms with Crippen molar-refractivity contribution in [1.29, 1.82) is 0 Å². The molecule has 0 aliphatic heterocycles. The van der Waals surface area contributed by atoms with E-state index in [4.69, 9.17) is 9.47 Å². The van der Waals surface area contributed by atoms with Crippen molar-refractivity contribution in [3.8, 4) is 0 Å². The Morgan fingerprint density at radius 2 is 0.545 bits per heavy atom. The average molecular weight is 619 g/mol. The van der Waals surface area contributed by atoms with Crippen LogP contribution in [0.3, 0.4) is 0 Å². The highest BCUT2D eigenvalue weighted by Gasteiger charge is 1.98. The summed E-state index contributed by atoms with van der Waals surface area (Å²) in [6.45, 7) is 4.58. The number of carbonyl (C=O) groups is 1. The lowest BCUT2D eigenvalue weighted by atomic mass is 10.0. The van der Waals surface area contributed by atoms with E-state index in [1.165, 1.54) is 205 Å². The summed E-state index contributed by atoms with van der Waals surface area (Å²) >= 11 is 0. The van der Waals surface area contributed by atoms with E-state index >= 15 is 0 Å². The Labute approximate surface area is 276 Å². The van der Waals surface area contributed by atoms with Crippen LogP contribution < -0.4 is 0 Å². The van der Waals surface area contributed by atoms with E-state index in [0.29, 0.717) is 0 Å². The number of hydrogen-bond acceptors (Lipinski definition) is 3. The molecule has 3 heteroatoms. The van der Waals surface area contributed by atoms with Crippen LogP contribution in [-0.2, 0) is 9.47 Å². The van der Waals surface area contributed by atoms with Crippen molar-refractivity contribution in [2.45, 2.75) is 232 Å². The fourth-order valence-electron chi connectivity index (χ4n) is 5.99. The third kappa shape index (κ3) is 38.8. The number of allylic oxidation sites excluding steroid dienone is 2. The van der Waals surface area contributed by atoms with Gasteiger partial charge in [0.15, 0.2) is 0 Å². The van der Waals surface area contributed by atoms with Crippen LogP contribution in [0.5, 0.6) is 0 Å². The second-order valence-electron chi connectivity index (χ2n) is 13.4. The Morgan fingerprint density at radius 1 is 0.341 bits per heavy atom. The standard InChI is InChI=1S/C41H78O3/c1-3-5-7-9-11-13-15-17-19-21-23-25-27-29-31-33-35-37-39-43-41(42)44-40-38-36-34-32-30-28-26-24-22-20-18-16-14-12-10-8-6-4-2/h37-40H,3-36H2,1-2H3. The molecule has 260 valence electrons. The molecule has 0 aromatic rings. The predicted octanol–water partition coefficient (Wildman–Crippen LogP) is 15.5. The first-order valence-corrected chi connectivity index (χ1v) is 20.0. The molecule has 0 fully saturated rings. The second-order valence-corrected chi connectivity index (χ2v) is 13.4. The minimum atomic E-state index is -0.642. The zero-order valence-electron chi connectivity index (χ0n) is 30.1. The van der Waals surface area contributed by atoms with Gasteiger partial charge in [0.1, 0.15) is 0 Å². The fourth-order valence-corrected chi connectivity index (χ4v) is 5.99. The summed E-state index contributed by atoms with van der Waals surface area (Å²) in [5.74, 6) is 0. The summed E-state index contributed by atoms with van der Waals surface area (Å²) < 4.78 is 10.0. The Kier molecular flexibility index (Phi) is 38.6. The smallest absolute Gasteiger partial charge is 0.403 e. The van der Waals surface area contributed by atoms with Crippen LogP contribution in [0.2, 0.25) is 0 Å². The van der Waals surface area contributed by atoms with Crippen molar-refractivity contribution in [3.05, 3.63) is 24.7 Å². The minimum Gasteiger partial charge on any atom is -0.403 e. The van der Waals surface area contributed by atoms with Crippen molar-refractivity contribution >= 4 is 6.16 Å². The molecule has 0 rings (SSSR count). The van der Waals surface area contributed by atoms with E-state index in [-0.39, 0.29) is 0 Å². The number of rotatable bonds is 36. The highest BCUT2D eigenvalue weighted by atomic mass is 16.7. The molecule has 0 atom stereocenters. The molecule has 0 heterocycles. The molecule has 0 aliphatic rings. The fraction of sp³-hybridized carbons (Fsp3) is 0.878. The van der Waals surface area contributed by atoms with Gasteiger partial charge in [-0.1, -0.05) is 206 Å². The van der Waals surface area contributed by atoms with Crippen LogP contribution in [0.25, 0.3) is 0 Å². The number of hydrogen-bond donors (Lipinski definition) is 0. The third-order valence-electron chi connectivity index (χ3n) is 8.97. The molecule has 0 aromatic carbocycles. The Balaban J connectivity index is 3.26. The van der Waals surface area contributed by atoms with Crippen LogP contribution in [0, 0.1) is 0 Å². The highest BCUT2D eigenvalue weighted by molar-refractivity contribution is 5.61. The van der Waals surface area contributed by atoms with Gasteiger partial charge in [-0.15, -0.1) is 0 Å². The minimum absolute atomic E-state index is 0.642. The molecule has 0 radical (unpaired) electrons. The number of carbonyl (C=O) groups excluding carboxylic acids is 1. The van der Waals surface area contributed by atoms with Crippen molar-refractivity contribution in [3.63, 3.8) is 0 Å². The van der Waals surface area contributed by atoms with E-state index in [0.717, 1.165) is 25.7 Å². The van der Waals surface area contributed by atoms with Crippen LogP contribution in [0.1, 0.15) is 232 Å². The Hall–Kier alpha value is -1.25. The SMILES string of the molecule is CCCCCCCCCCCCCCCCCCC=COC(=O)OC=CCCCCCCCCCCCCCCCCCC. The van der Waals surface area contributed by atoms with E-state index in [9.17, 15) is 4.79 Å². The first kappa shape index (κ1) is 42.8. The molecule has 0 aromatic heterocycles. The second kappa shape index (κ2) is 39.8. The van der Waals surface area contributed by atoms with Crippen molar-refractivity contribution in [2.75, 3.05) is 0 Å². The lowest BCUT2D eigenvalue weighted by molar-refractivity contribution is 0.119. The van der Waals surface area contributed by atoms with Gasteiger partial charge in [0.05, 0.1) is 12.5 Å². The van der Waals surface area contributed by atoms with Crippen LogP contribution in [0.15, 0.2) is 24.7 Å². The molecule has 0 unspecified atom stereocenters. The van der Waals surface area contributed by atoms with Gasteiger partial charge in [-0.2, -0.15) is 0 Å². The van der Waals surface area contributed by atoms with E-state index in [1.54, 1.807) is 0 Å². The van der Waals surface area contributed by atoms with Gasteiger partial charge in [-0.05, 0) is 37.8 Å². The molecule has 0 spiro atoms. The molecule has 0 saturated heterocycles. The summed E-state index contributed by atoms with van der Waals surface area (Å²) in [6.07, 6.45) is 52.4. The third-order valence-corrected chi connectivity index (χ3v) is 8.97. The maximum absolute atomic E-state index is 11.7. The monoisotopic (exact) mass is 619 g/mol. The Bertz CT molecular complexity index is 547. The lowest BCUT2D eigenvalue weighted by Gasteiger charge is -2.03. The largest absolute Gasteiger partial charge is 0.518 e. The zero-order valence-corrected chi connectivity index (χ0v) is 30.1. The molecule has 0 N–H and O–H groups in total. The topological polar surface area (TPSA) is 35.5 Å². The zero-order chi connectivity index (χ0) is 31.9. The number of ether oxygens (including phenoxy) is 2. The molecule has 0 amide bonds.